The Morgan fingerprint density at radius 2 is 2.18 bits per heavy atom. The van der Waals surface area contributed by atoms with E-state index in [0.717, 1.165) is 0 Å². The Morgan fingerprint density at radius 3 is 2.65 bits per heavy atom. The van der Waals surface area contributed by atoms with Crippen molar-refractivity contribution in [3.05, 3.63) is 15.3 Å². The first-order valence-corrected chi connectivity index (χ1v) is 5.31. The quantitative estimate of drug-likeness (QED) is 0.780. The van der Waals surface area contributed by atoms with Crippen molar-refractivity contribution >= 4 is 22.6 Å². The fourth-order valence-corrected chi connectivity index (χ4v) is 1.70. The van der Waals surface area contributed by atoms with Crippen LogP contribution in [0.2, 0.25) is 0 Å². The zero-order chi connectivity index (χ0) is 13.1. The van der Waals surface area contributed by atoms with Gasteiger partial charge in [-0.1, -0.05) is 0 Å². The second-order valence-corrected chi connectivity index (χ2v) is 3.97. The van der Waals surface area contributed by atoms with Crippen molar-refractivity contribution in [2.75, 3.05) is 7.11 Å². The van der Waals surface area contributed by atoms with Crippen LogP contribution in [0.1, 0.15) is 5.56 Å². The summed E-state index contributed by atoms with van der Waals surface area (Å²) in [5.74, 6) is -0.860. The molecule has 17 heavy (non-hydrogen) atoms. The molecule has 0 radical (unpaired) electrons. The third-order valence-electron chi connectivity index (χ3n) is 1.72. The lowest BCUT2D eigenvalue weighted by atomic mass is 10.2. The summed E-state index contributed by atoms with van der Waals surface area (Å²) in [4.78, 5) is 3.49. The Hall–Kier alpha value is -1.24. The molecule has 0 saturated heterocycles. The number of nitrogens with zero attached hydrogens (tertiary/aromatic N) is 2. The van der Waals surface area contributed by atoms with E-state index in [9.17, 15) is 13.2 Å². The average molecular weight is 358 g/mol. The van der Waals surface area contributed by atoms with Gasteiger partial charge in [0.1, 0.15) is 0 Å². The molecule has 0 amide bonds. The van der Waals surface area contributed by atoms with Gasteiger partial charge in [0.2, 0.25) is 0 Å². The molecule has 0 spiro atoms. The molecule has 8 heteroatoms. The van der Waals surface area contributed by atoms with E-state index in [-0.39, 0.29) is 12.2 Å². The molecule has 0 unspecified atom stereocenters. The first-order chi connectivity index (χ1) is 7.89. The van der Waals surface area contributed by atoms with Crippen molar-refractivity contribution in [2.45, 2.75) is 12.8 Å². The number of pyridine rings is 1. The maximum Gasteiger partial charge on any atom is 0.574 e. The van der Waals surface area contributed by atoms with Crippen LogP contribution < -0.4 is 9.47 Å². The SMILES string of the molecule is COc1c(OC(F)(F)F)ncc(I)c1CC#N. The highest BCUT2D eigenvalue weighted by molar-refractivity contribution is 14.1. The summed E-state index contributed by atoms with van der Waals surface area (Å²) < 4.78 is 45.3. The maximum absolute atomic E-state index is 12.1. The van der Waals surface area contributed by atoms with Gasteiger partial charge in [-0.25, -0.2) is 4.98 Å². The minimum Gasteiger partial charge on any atom is -0.491 e. The Bertz CT molecular complexity index is 457. The van der Waals surface area contributed by atoms with Crippen LogP contribution >= 0.6 is 22.6 Å². The van der Waals surface area contributed by atoms with Crippen molar-refractivity contribution in [3.63, 3.8) is 0 Å². The number of hydrogen-bond donors (Lipinski definition) is 0. The molecule has 0 aromatic carbocycles. The highest BCUT2D eigenvalue weighted by Crippen LogP contribution is 2.35. The highest BCUT2D eigenvalue weighted by atomic mass is 127. The molecule has 0 saturated carbocycles. The van der Waals surface area contributed by atoms with Gasteiger partial charge < -0.3 is 9.47 Å². The number of methoxy groups -OCH3 is 1. The first kappa shape index (κ1) is 13.8. The number of alkyl halides is 3. The van der Waals surface area contributed by atoms with Gasteiger partial charge >= 0.3 is 6.36 Å². The van der Waals surface area contributed by atoms with Crippen molar-refractivity contribution < 1.29 is 22.6 Å². The Kier molecular flexibility index (Phi) is 4.39. The van der Waals surface area contributed by atoms with Crippen LogP contribution in [0.4, 0.5) is 13.2 Å². The fourth-order valence-electron chi connectivity index (χ4n) is 1.13. The van der Waals surface area contributed by atoms with Crippen LogP contribution in [0.3, 0.4) is 0 Å². The van der Waals surface area contributed by atoms with Gasteiger partial charge in [0, 0.05) is 15.3 Å². The minimum absolute atomic E-state index is 0.0851. The van der Waals surface area contributed by atoms with Crippen LogP contribution in [0.25, 0.3) is 0 Å². The Morgan fingerprint density at radius 1 is 1.53 bits per heavy atom. The van der Waals surface area contributed by atoms with Gasteiger partial charge in [-0.15, -0.1) is 13.2 Å². The number of ether oxygens (including phenoxy) is 2. The molecular formula is C9H6F3IN2O2. The van der Waals surface area contributed by atoms with Crippen LogP contribution in [0.5, 0.6) is 11.6 Å². The van der Waals surface area contributed by atoms with E-state index < -0.39 is 12.2 Å². The molecule has 1 aromatic heterocycles. The molecule has 1 aromatic rings. The van der Waals surface area contributed by atoms with E-state index in [1.54, 1.807) is 0 Å². The molecule has 4 nitrogen and oxygen atoms in total. The minimum atomic E-state index is -4.85. The summed E-state index contributed by atoms with van der Waals surface area (Å²) in [6.45, 7) is 0. The fraction of sp³-hybridized carbons (Fsp3) is 0.333. The normalized spacial score (nSPS) is 10.8. The van der Waals surface area contributed by atoms with Crippen molar-refractivity contribution in [2.24, 2.45) is 0 Å². The molecular weight excluding hydrogens is 352 g/mol. The van der Waals surface area contributed by atoms with Crippen molar-refractivity contribution in [1.82, 2.24) is 4.98 Å². The number of halogens is 4. The predicted molar refractivity (Wildman–Crippen MR) is 59.5 cm³/mol. The molecule has 1 rings (SSSR count). The molecule has 0 N–H and O–H groups in total. The monoisotopic (exact) mass is 358 g/mol. The van der Waals surface area contributed by atoms with E-state index in [1.165, 1.54) is 13.3 Å². The van der Waals surface area contributed by atoms with E-state index >= 15 is 0 Å². The average Bonchev–Trinajstić information content (AvgIpc) is 2.21. The smallest absolute Gasteiger partial charge is 0.491 e. The molecule has 0 aliphatic carbocycles. The van der Waals surface area contributed by atoms with Gasteiger partial charge in [0.05, 0.1) is 19.6 Å². The van der Waals surface area contributed by atoms with E-state index in [2.05, 4.69) is 9.72 Å². The topological polar surface area (TPSA) is 55.1 Å². The van der Waals surface area contributed by atoms with E-state index in [4.69, 9.17) is 10.00 Å². The third-order valence-corrected chi connectivity index (χ3v) is 2.65. The summed E-state index contributed by atoms with van der Waals surface area (Å²) in [6, 6.07) is 1.84. The number of aromatic nitrogens is 1. The van der Waals surface area contributed by atoms with Gasteiger partial charge in [-0.05, 0) is 22.6 Å². The molecule has 92 valence electrons. The first-order valence-electron chi connectivity index (χ1n) is 4.23. The maximum atomic E-state index is 12.1. The molecule has 0 aliphatic heterocycles. The van der Waals surface area contributed by atoms with E-state index in [0.29, 0.717) is 9.13 Å². The zero-order valence-corrected chi connectivity index (χ0v) is 10.7. The number of nitriles is 1. The molecule has 0 fully saturated rings. The second-order valence-electron chi connectivity index (χ2n) is 2.81. The highest BCUT2D eigenvalue weighted by Gasteiger charge is 2.34. The van der Waals surface area contributed by atoms with Crippen LogP contribution in [0, 0.1) is 14.9 Å². The molecule has 0 bridgehead atoms. The zero-order valence-electron chi connectivity index (χ0n) is 8.51. The second kappa shape index (κ2) is 5.39. The molecule has 1 heterocycles. The summed E-state index contributed by atoms with van der Waals surface area (Å²) in [6.07, 6.45) is -3.74. The van der Waals surface area contributed by atoms with Gasteiger partial charge in [0.25, 0.3) is 5.88 Å². The number of hydrogen-bond acceptors (Lipinski definition) is 4. The van der Waals surface area contributed by atoms with Crippen LogP contribution in [-0.2, 0) is 6.42 Å². The Labute approximate surface area is 108 Å². The van der Waals surface area contributed by atoms with Gasteiger partial charge in [-0.3, -0.25) is 0 Å². The van der Waals surface area contributed by atoms with Crippen LogP contribution in [0.15, 0.2) is 6.20 Å². The predicted octanol–water partition coefficient (Wildman–Crippen LogP) is 2.66. The molecule has 0 atom stereocenters. The van der Waals surface area contributed by atoms with Gasteiger partial charge in [-0.2, -0.15) is 5.26 Å². The summed E-state index contributed by atoms with van der Waals surface area (Å²) >= 11 is 1.86. The third kappa shape index (κ3) is 3.62. The molecule has 0 aliphatic rings. The summed E-state index contributed by atoms with van der Waals surface area (Å²) in [5.41, 5.74) is 0.324. The standard InChI is InChI=1S/C9H6F3IN2O2/c1-16-7-5(2-3-14)6(13)4-15-8(7)17-9(10,11)12/h4H,2H2,1H3. The van der Waals surface area contributed by atoms with Crippen molar-refractivity contribution in [1.29, 1.82) is 5.26 Å². The van der Waals surface area contributed by atoms with E-state index in [1.807, 2.05) is 28.7 Å². The largest absolute Gasteiger partial charge is 0.574 e. The van der Waals surface area contributed by atoms with Gasteiger partial charge in [0.15, 0.2) is 5.75 Å². The number of rotatable bonds is 3. The lowest BCUT2D eigenvalue weighted by Gasteiger charge is -2.14. The lowest BCUT2D eigenvalue weighted by Crippen LogP contribution is -2.19. The summed E-state index contributed by atoms with van der Waals surface area (Å²) in [5, 5.41) is 8.60. The summed E-state index contributed by atoms with van der Waals surface area (Å²) in [7, 11) is 1.19. The Balaban J connectivity index is 3.24. The lowest BCUT2D eigenvalue weighted by molar-refractivity contribution is -0.276. The van der Waals surface area contributed by atoms with Crippen LogP contribution in [-0.4, -0.2) is 18.5 Å². The van der Waals surface area contributed by atoms with Crippen molar-refractivity contribution in [3.8, 4) is 17.7 Å².